The minimum atomic E-state index is 0.419. The van der Waals surface area contributed by atoms with Gasteiger partial charge in [-0.3, -0.25) is 4.90 Å². The van der Waals surface area contributed by atoms with Crippen LogP contribution in [0.3, 0.4) is 0 Å². The van der Waals surface area contributed by atoms with Gasteiger partial charge in [0.15, 0.2) is 0 Å². The van der Waals surface area contributed by atoms with Crippen molar-refractivity contribution in [1.29, 1.82) is 0 Å². The Morgan fingerprint density at radius 1 is 1.20 bits per heavy atom. The first-order chi connectivity index (χ1) is 9.69. The molecule has 3 heteroatoms. The highest BCUT2D eigenvalue weighted by Crippen LogP contribution is 2.16. The molecule has 1 aliphatic rings. The largest absolute Gasteiger partial charge is 0.320 e. The number of nitrogens with zero attached hydrogens (tertiary/aromatic N) is 2. The topological polar surface area (TPSA) is 32.5 Å². The van der Waals surface area contributed by atoms with E-state index in [1.54, 1.807) is 0 Å². The van der Waals surface area contributed by atoms with Crippen LogP contribution in [0.5, 0.6) is 0 Å². The monoisotopic (exact) mass is 271 g/mol. The summed E-state index contributed by atoms with van der Waals surface area (Å²) in [6.07, 6.45) is 2.54. The maximum Gasteiger partial charge on any atom is 0.0555 e. The molecule has 0 radical (unpaired) electrons. The highest BCUT2D eigenvalue weighted by Gasteiger charge is 2.20. The zero-order chi connectivity index (χ0) is 14.4. The van der Waals surface area contributed by atoms with E-state index in [1.165, 1.54) is 31.5 Å². The van der Waals surface area contributed by atoms with E-state index in [0.29, 0.717) is 6.54 Å². The van der Waals surface area contributed by atoms with Crippen molar-refractivity contribution in [2.75, 3.05) is 33.7 Å². The number of likely N-dealkylation sites (tertiary alicyclic amines) is 1. The fraction of sp³-hybridized carbons (Fsp3) is 0.529. The number of hydrogen-bond acceptors (Lipinski definition) is 3. The van der Waals surface area contributed by atoms with E-state index < -0.39 is 0 Å². The molecule has 0 aliphatic carbocycles. The van der Waals surface area contributed by atoms with Crippen LogP contribution in [0.2, 0.25) is 0 Å². The summed E-state index contributed by atoms with van der Waals surface area (Å²) in [5.41, 5.74) is 7.79. The van der Waals surface area contributed by atoms with Gasteiger partial charge >= 0.3 is 0 Å². The van der Waals surface area contributed by atoms with Crippen LogP contribution >= 0.6 is 0 Å². The molecule has 0 aromatic heterocycles. The maximum absolute atomic E-state index is 5.38. The Balaban J connectivity index is 1.85. The highest BCUT2D eigenvalue weighted by atomic mass is 15.2. The van der Waals surface area contributed by atoms with Crippen molar-refractivity contribution in [3.05, 3.63) is 35.4 Å². The minimum Gasteiger partial charge on any atom is -0.320 e. The van der Waals surface area contributed by atoms with Crippen molar-refractivity contribution in [3.8, 4) is 11.8 Å². The van der Waals surface area contributed by atoms with E-state index in [9.17, 15) is 0 Å². The van der Waals surface area contributed by atoms with E-state index in [-0.39, 0.29) is 0 Å². The second-order valence-electron chi connectivity index (χ2n) is 5.67. The van der Waals surface area contributed by atoms with Gasteiger partial charge in [0.05, 0.1) is 6.54 Å². The molecule has 108 valence electrons. The maximum atomic E-state index is 5.38. The first-order valence-corrected chi connectivity index (χ1v) is 7.35. The summed E-state index contributed by atoms with van der Waals surface area (Å²) in [5.74, 6) is 5.94. The molecule has 0 amide bonds. The zero-order valence-electron chi connectivity index (χ0n) is 12.6. The van der Waals surface area contributed by atoms with Crippen LogP contribution in [-0.4, -0.2) is 49.6 Å². The van der Waals surface area contributed by atoms with Crippen molar-refractivity contribution in [2.45, 2.75) is 25.4 Å². The molecule has 3 nitrogen and oxygen atoms in total. The third kappa shape index (κ3) is 4.35. The van der Waals surface area contributed by atoms with Crippen LogP contribution in [0.25, 0.3) is 0 Å². The average molecular weight is 271 g/mol. The fourth-order valence-electron chi connectivity index (χ4n) is 2.70. The summed E-state index contributed by atoms with van der Waals surface area (Å²) >= 11 is 0. The minimum absolute atomic E-state index is 0.419. The molecular weight excluding hydrogens is 246 g/mol. The predicted molar refractivity (Wildman–Crippen MR) is 84.4 cm³/mol. The quantitative estimate of drug-likeness (QED) is 0.846. The molecule has 0 atom stereocenters. The van der Waals surface area contributed by atoms with Crippen LogP contribution in [0, 0.1) is 11.8 Å². The van der Waals surface area contributed by atoms with E-state index >= 15 is 0 Å². The Labute approximate surface area is 122 Å². The number of nitrogens with two attached hydrogens (primary N) is 1. The molecule has 0 spiro atoms. The zero-order valence-corrected chi connectivity index (χ0v) is 12.6. The van der Waals surface area contributed by atoms with Gasteiger partial charge in [0.2, 0.25) is 0 Å². The van der Waals surface area contributed by atoms with Crippen molar-refractivity contribution < 1.29 is 0 Å². The van der Waals surface area contributed by atoms with Crippen LogP contribution in [0.1, 0.15) is 24.0 Å². The molecule has 0 saturated carbocycles. The molecule has 2 N–H and O–H groups in total. The predicted octanol–water partition coefficient (Wildman–Crippen LogP) is 1.52. The van der Waals surface area contributed by atoms with Crippen molar-refractivity contribution in [2.24, 2.45) is 5.73 Å². The van der Waals surface area contributed by atoms with Gasteiger partial charge in [0, 0.05) is 18.2 Å². The Bertz CT molecular complexity index is 459. The van der Waals surface area contributed by atoms with Gasteiger partial charge in [-0.1, -0.05) is 24.0 Å². The lowest BCUT2D eigenvalue weighted by molar-refractivity contribution is 0.140. The molecule has 1 fully saturated rings. The summed E-state index contributed by atoms with van der Waals surface area (Å²) in [6.45, 7) is 3.85. The third-order valence-electron chi connectivity index (χ3n) is 3.98. The molecule has 20 heavy (non-hydrogen) atoms. The third-order valence-corrected chi connectivity index (χ3v) is 3.98. The van der Waals surface area contributed by atoms with Gasteiger partial charge in [-0.05, 0) is 57.7 Å². The Morgan fingerprint density at radius 3 is 2.40 bits per heavy atom. The first kappa shape index (κ1) is 15.1. The SMILES string of the molecule is CN(C)C1CCN(Cc2ccc(C#CCN)cc2)CC1. The second kappa shape index (κ2) is 7.44. The number of rotatable bonds is 3. The van der Waals surface area contributed by atoms with Gasteiger partial charge in [0.25, 0.3) is 0 Å². The normalized spacial score (nSPS) is 17.0. The average Bonchev–Trinajstić information content (AvgIpc) is 2.47. The molecular formula is C17H25N3. The summed E-state index contributed by atoms with van der Waals surface area (Å²) < 4.78 is 0. The second-order valence-corrected chi connectivity index (χ2v) is 5.67. The molecule has 1 heterocycles. The lowest BCUT2D eigenvalue weighted by Gasteiger charge is -2.35. The lowest BCUT2D eigenvalue weighted by Crippen LogP contribution is -2.41. The van der Waals surface area contributed by atoms with Gasteiger partial charge in [-0.25, -0.2) is 0 Å². The molecule has 2 rings (SSSR count). The molecule has 1 aromatic carbocycles. The van der Waals surface area contributed by atoms with Crippen molar-refractivity contribution >= 4 is 0 Å². The van der Waals surface area contributed by atoms with E-state index in [4.69, 9.17) is 5.73 Å². The van der Waals surface area contributed by atoms with Gasteiger partial charge in [-0.2, -0.15) is 0 Å². The van der Waals surface area contributed by atoms with Gasteiger partial charge in [-0.15, -0.1) is 0 Å². The molecule has 0 unspecified atom stereocenters. The van der Waals surface area contributed by atoms with Crippen LogP contribution in [0.4, 0.5) is 0 Å². The van der Waals surface area contributed by atoms with Crippen LogP contribution in [0.15, 0.2) is 24.3 Å². The van der Waals surface area contributed by atoms with Crippen molar-refractivity contribution in [1.82, 2.24) is 9.80 Å². The summed E-state index contributed by atoms with van der Waals surface area (Å²) in [4.78, 5) is 4.89. The van der Waals surface area contributed by atoms with Gasteiger partial charge < -0.3 is 10.6 Å². The van der Waals surface area contributed by atoms with Gasteiger partial charge in [0.1, 0.15) is 0 Å². The Kier molecular flexibility index (Phi) is 5.60. The molecule has 0 bridgehead atoms. The smallest absolute Gasteiger partial charge is 0.0555 e. The number of benzene rings is 1. The number of piperidine rings is 1. The fourth-order valence-corrected chi connectivity index (χ4v) is 2.70. The van der Waals surface area contributed by atoms with Crippen molar-refractivity contribution in [3.63, 3.8) is 0 Å². The standard InChI is InChI=1S/C17H25N3/c1-19(2)17-9-12-20(13-10-17)14-16-7-5-15(6-8-16)4-3-11-18/h5-8,17H,9-14,18H2,1-2H3. The van der Waals surface area contributed by atoms with E-state index in [2.05, 4.69) is 60.0 Å². The highest BCUT2D eigenvalue weighted by molar-refractivity contribution is 5.36. The molecule has 1 saturated heterocycles. The molecule has 1 aromatic rings. The van der Waals surface area contributed by atoms with Crippen LogP contribution in [-0.2, 0) is 6.54 Å². The Morgan fingerprint density at radius 2 is 1.85 bits per heavy atom. The summed E-state index contributed by atoms with van der Waals surface area (Å²) in [5, 5.41) is 0. The Hall–Kier alpha value is -1.34. The van der Waals surface area contributed by atoms with Crippen LogP contribution < -0.4 is 5.73 Å². The lowest BCUT2D eigenvalue weighted by atomic mass is 10.0. The van der Waals surface area contributed by atoms with E-state index in [1.807, 2.05) is 0 Å². The number of hydrogen-bond donors (Lipinski definition) is 1. The summed E-state index contributed by atoms with van der Waals surface area (Å²) in [7, 11) is 4.36. The van der Waals surface area contributed by atoms with E-state index in [0.717, 1.165) is 18.2 Å². The summed E-state index contributed by atoms with van der Waals surface area (Å²) in [6, 6.07) is 9.28. The first-order valence-electron chi connectivity index (χ1n) is 7.35. The molecule has 1 aliphatic heterocycles.